The summed E-state index contributed by atoms with van der Waals surface area (Å²) in [6.45, 7) is 0.877. The van der Waals surface area contributed by atoms with Crippen molar-refractivity contribution in [3.8, 4) is 0 Å². The average molecular weight is 407 g/mol. The second kappa shape index (κ2) is 9.69. The van der Waals surface area contributed by atoms with Gasteiger partial charge in [0, 0.05) is 25.2 Å². The van der Waals surface area contributed by atoms with Gasteiger partial charge in [-0.3, -0.25) is 14.2 Å². The SMILES string of the molecule is CN(C)CCc1cn(C(=O)CN(C)C(=O)[C@@H](N)Cc2ccccc2)c2ccccc12. The molecular formula is C24H30N4O2. The summed E-state index contributed by atoms with van der Waals surface area (Å²) < 4.78 is 1.66. The summed E-state index contributed by atoms with van der Waals surface area (Å²) in [4.78, 5) is 29.3. The van der Waals surface area contributed by atoms with Crippen molar-refractivity contribution in [2.75, 3.05) is 34.2 Å². The molecule has 0 aliphatic heterocycles. The number of amides is 1. The monoisotopic (exact) mass is 406 g/mol. The molecule has 1 atom stereocenters. The van der Waals surface area contributed by atoms with Gasteiger partial charge in [-0.2, -0.15) is 0 Å². The summed E-state index contributed by atoms with van der Waals surface area (Å²) in [6.07, 6.45) is 3.20. The third-order valence-corrected chi connectivity index (χ3v) is 5.26. The van der Waals surface area contributed by atoms with Crippen molar-refractivity contribution in [1.29, 1.82) is 0 Å². The fourth-order valence-electron chi connectivity index (χ4n) is 3.60. The lowest BCUT2D eigenvalue weighted by Crippen LogP contribution is -2.45. The molecule has 158 valence electrons. The molecule has 3 aromatic rings. The minimum absolute atomic E-state index is 0.0207. The molecule has 6 nitrogen and oxygen atoms in total. The number of nitrogens with zero attached hydrogens (tertiary/aromatic N) is 3. The molecule has 0 radical (unpaired) electrons. The minimum Gasteiger partial charge on any atom is -0.335 e. The van der Waals surface area contributed by atoms with Gasteiger partial charge in [-0.05, 0) is 44.1 Å². The van der Waals surface area contributed by atoms with Crippen molar-refractivity contribution in [3.05, 3.63) is 71.9 Å². The lowest BCUT2D eigenvalue weighted by Gasteiger charge is -2.21. The highest BCUT2D eigenvalue weighted by Gasteiger charge is 2.22. The second-order valence-electron chi connectivity index (χ2n) is 7.98. The molecule has 3 rings (SSSR count). The van der Waals surface area contributed by atoms with Crippen molar-refractivity contribution in [3.63, 3.8) is 0 Å². The van der Waals surface area contributed by atoms with E-state index in [1.165, 1.54) is 4.90 Å². The maximum Gasteiger partial charge on any atom is 0.250 e. The van der Waals surface area contributed by atoms with Gasteiger partial charge >= 0.3 is 0 Å². The lowest BCUT2D eigenvalue weighted by atomic mass is 10.1. The van der Waals surface area contributed by atoms with Gasteiger partial charge in [0.1, 0.15) is 6.54 Å². The predicted octanol–water partition coefficient (Wildman–Crippen LogP) is 2.41. The molecule has 0 saturated heterocycles. The van der Waals surface area contributed by atoms with Crippen LogP contribution in [0.3, 0.4) is 0 Å². The molecule has 1 heterocycles. The Balaban J connectivity index is 1.72. The van der Waals surface area contributed by atoms with Gasteiger partial charge in [-0.25, -0.2) is 0 Å². The number of fused-ring (bicyclic) bond motifs is 1. The quantitative estimate of drug-likeness (QED) is 0.624. The number of likely N-dealkylation sites (N-methyl/N-ethyl adjacent to an activating group) is 2. The van der Waals surface area contributed by atoms with Crippen LogP contribution in [-0.2, 0) is 17.6 Å². The predicted molar refractivity (Wildman–Crippen MR) is 121 cm³/mol. The lowest BCUT2D eigenvalue weighted by molar-refractivity contribution is -0.130. The number of rotatable bonds is 8. The van der Waals surface area contributed by atoms with Gasteiger partial charge in [0.15, 0.2) is 0 Å². The maximum atomic E-state index is 13.0. The highest BCUT2D eigenvalue weighted by atomic mass is 16.2. The fourth-order valence-corrected chi connectivity index (χ4v) is 3.60. The van der Waals surface area contributed by atoms with Gasteiger partial charge in [0.05, 0.1) is 11.6 Å². The molecule has 1 amide bonds. The van der Waals surface area contributed by atoms with Crippen LogP contribution in [0.4, 0.5) is 0 Å². The van der Waals surface area contributed by atoms with Crippen molar-refractivity contribution in [1.82, 2.24) is 14.4 Å². The molecule has 1 aromatic heterocycles. The van der Waals surface area contributed by atoms with Crippen molar-refractivity contribution >= 4 is 22.7 Å². The number of benzene rings is 2. The molecule has 30 heavy (non-hydrogen) atoms. The largest absolute Gasteiger partial charge is 0.335 e. The van der Waals surface area contributed by atoms with Crippen molar-refractivity contribution < 1.29 is 9.59 Å². The van der Waals surface area contributed by atoms with Crippen LogP contribution in [0.1, 0.15) is 15.9 Å². The molecule has 6 heteroatoms. The Morgan fingerprint density at radius 2 is 1.67 bits per heavy atom. The smallest absolute Gasteiger partial charge is 0.250 e. The van der Waals surface area contributed by atoms with Crippen LogP contribution in [0.2, 0.25) is 0 Å². The average Bonchev–Trinajstić information content (AvgIpc) is 3.11. The molecule has 2 N–H and O–H groups in total. The first-order valence-electron chi connectivity index (χ1n) is 10.2. The van der Waals surface area contributed by atoms with Gasteiger partial charge in [-0.1, -0.05) is 48.5 Å². The van der Waals surface area contributed by atoms with Crippen molar-refractivity contribution in [2.45, 2.75) is 18.9 Å². The van der Waals surface area contributed by atoms with Crippen LogP contribution >= 0.6 is 0 Å². The minimum atomic E-state index is -0.678. The van der Waals surface area contributed by atoms with Crippen LogP contribution in [-0.4, -0.2) is 66.5 Å². The first-order valence-corrected chi connectivity index (χ1v) is 10.2. The molecule has 0 unspecified atom stereocenters. The summed E-state index contributed by atoms with van der Waals surface area (Å²) in [5, 5.41) is 1.07. The van der Waals surface area contributed by atoms with Crippen LogP contribution in [0.5, 0.6) is 0 Å². The van der Waals surface area contributed by atoms with E-state index in [4.69, 9.17) is 5.73 Å². The molecule has 0 aliphatic carbocycles. The number of nitrogens with two attached hydrogens (primary N) is 1. The van der Waals surface area contributed by atoms with Crippen LogP contribution in [0, 0.1) is 0 Å². The number of para-hydroxylation sites is 1. The highest BCUT2D eigenvalue weighted by molar-refractivity contribution is 5.96. The Morgan fingerprint density at radius 1 is 1.00 bits per heavy atom. The van der Waals surface area contributed by atoms with E-state index in [-0.39, 0.29) is 18.4 Å². The number of hydrogen-bond donors (Lipinski definition) is 1. The van der Waals surface area contributed by atoms with Crippen LogP contribution in [0.25, 0.3) is 10.9 Å². The molecule has 0 bridgehead atoms. The van der Waals surface area contributed by atoms with Crippen molar-refractivity contribution in [2.24, 2.45) is 5.73 Å². The van der Waals surface area contributed by atoms with E-state index in [1.54, 1.807) is 11.6 Å². The van der Waals surface area contributed by atoms with E-state index in [9.17, 15) is 9.59 Å². The normalized spacial score (nSPS) is 12.3. The number of carbonyl (C=O) groups excluding carboxylic acids is 2. The summed E-state index contributed by atoms with van der Waals surface area (Å²) in [5.41, 5.74) is 9.11. The molecule has 0 fully saturated rings. The fraction of sp³-hybridized carbons (Fsp3) is 0.333. The number of aromatic nitrogens is 1. The molecule has 0 spiro atoms. The van der Waals surface area contributed by atoms with E-state index in [0.717, 1.165) is 35.0 Å². The Kier molecular flexibility index (Phi) is 7.03. The van der Waals surface area contributed by atoms with E-state index in [1.807, 2.05) is 74.9 Å². The third-order valence-electron chi connectivity index (χ3n) is 5.26. The zero-order valence-electron chi connectivity index (χ0n) is 17.9. The summed E-state index contributed by atoms with van der Waals surface area (Å²) in [6, 6.07) is 16.9. The second-order valence-corrected chi connectivity index (χ2v) is 7.98. The zero-order chi connectivity index (χ0) is 21.7. The molecule has 2 aromatic carbocycles. The van der Waals surface area contributed by atoms with Gasteiger partial charge in [0.25, 0.3) is 5.91 Å². The third kappa shape index (κ3) is 5.14. The molecule has 0 saturated carbocycles. The first-order chi connectivity index (χ1) is 14.4. The zero-order valence-corrected chi connectivity index (χ0v) is 17.9. The van der Waals surface area contributed by atoms with Gasteiger partial charge in [-0.15, -0.1) is 0 Å². The molecule has 0 aliphatic rings. The van der Waals surface area contributed by atoms with Crippen LogP contribution < -0.4 is 5.73 Å². The summed E-state index contributed by atoms with van der Waals surface area (Å²) in [5.74, 6) is -0.387. The molecular weight excluding hydrogens is 376 g/mol. The Hall–Kier alpha value is -2.96. The van der Waals surface area contributed by atoms with Gasteiger partial charge < -0.3 is 15.5 Å². The number of carbonyl (C=O) groups is 2. The van der Waals surface area contributed by atoms with E-state index in [0.29, 0.717) is 6.42 Å². The van der Waals surface area contributed by atoms with Crippen LogP contribution in [0.15, 0.2) is 60.8 Å². The topological polar surface area (TPSA) is 71.6 Å². The maximum absolute atomic E-state index is 13.0. The highest BCUT2D eigenvalue weighted by Crippen LogP contribution is 2.22. The van der Waals surface area contributed by atoms with Gasteiger partial charge in [0.2, 0.25) is 5.91 Å². The Labute approximate surface area is 177 Å². The summed E-state index contributed by atoms with van der Waals surface area (Å²) in [7, 11) is 5.69. The van der Waals surface area contributed by atoms with E-state index >= 15 is 0 Å². The Morgan fingerprint density at radius 3 is 2.37 bits per heavy atom. The summed E-state index contributed by atoms with van der Waals surface area (Å²) >= 11 is 0. The Bertz CT molecular complexity index is 1010. The first kappa shape index (κ1) is 21.7. The number of hydrogen-bond acceptors (Lipinski definition) is 4. The van der Waals surface area contributed by atoms with E-state index in [2.05, 4.69) is 4.90 Å². The van der Waals surface area contributed by atoms with E-state index < -0.39 is 6.04 Å². The standard InChI is InChI=1S/C24H30N4O2/c1-26(2)14-13-19-16-28(22-12-8-7-11-20(19)22)23(29)17-27(3)24(30)21(25)15-18-9-5-4-6-10-18/h4-12,16,21H,13-15,17,25H2,1-3H3/t21-/m0/s1.